The van der Waals surface area contributed by atoms with Crippen molar-refractivity contribution in [3.63, 3.8) is 0 Å². The molecule has 5 heteroatoms. The molecule has 0 spiro atoms. The first kappa shape index (κ1) is 14.5. The predicted octanol–water partition coefficient (Wildman–Crippen LogP) is 1.91. The van der Waals surface area contributed by atoms with Crippen molar-refractivity contribution < 1.29 is 12.8 Å². The SMILES string of the molecule is CN1CC[C@@H](c2ccc(F)cc2)[C@H](CS(C)(=O)=O)C1. The fraction of sp³-hybridized carbons (Fsp3) is 0.571. The lowest BCUT2D eigenvalue weighted by Gasteiger charge is -2.36. The zero-order valence-electron chi connectivity index (χ0n) is 11.3. The highest BCUT2D eigenvalue weighted by Crippen LogP contribution is 2.33. The molecular weight excluding hydrogens is 265 g/mol. The second-order valence-corrected chi connectivity index (χ2v) is 7.75. The predicted molar refractivity (Wildman–Crippen MR) is 74.5 cm³/mol. The van der Waals surface area contributed by atoms with Crippen LogP contribution in [0.5, 0.6) is 0 Å². The zero-order valence-corrected chi connectivity index (χ0v) is 12.2. The molecule has 0 N–H and O–H groups in total. The van der Waals surface area contributed by atoms with Gasteiger partial charge in [-0.2, -0.15) is 0 Å². The van der Waals surface area contributed by atoms with E-state index in [2.05, 4.69) is 4.90 Å². The Labute approximate surface area is 114 Å². The van der Waals surface area contributed by atoms with Crippen LogP contribution in [0.4, 0.5) is 4.39 Å². The van der Waals surface area contributed by atoms with Crippen LogP contribution in [0.25, 0.3) is 0 Å². The van der Waals surface area contributed by atoms with Crippen LogP contribution in [-0.4, -0.2) is 45.5 Å². The molecule has 1 heterocycles. The molecular formula is C14H20FNO2S. The maximum absolute atomic E-state index is 13.0. The first-order valence-corrected chi connectivity index (χ1v) is 8.53. The van der Waals surface area contributed by atoms with Crippen molar-refractivity contribution in [1.82, 2.24) is 4.90 Å². The van der Waals surface area contributed by atoms with E-state index in [-0.39, 0.29) is 23.4 Å². The van der Waals surface area contributed by atoms with Gasteiger partial charge in [0.05, 0.1) is 5.75 Å². The maximum atomic E-state index is 13.0. The van der Waals surface area contributed by atoms with Gasteiger partial charge in [-0.05, 0) is 49.5 Å². The Morgan fingerprint density at radius 1 is 1.32 bits per heavy atom. The van der Waals surface area contributed by atoms with Gasteiger partial charge in [-0.15, -0.1) is 0 Å². The molecule has 3 nitrogen and oxygen atoms in total. The van der Waals surface area contributed by atoms with E-state index in [1.54, 1.807) is 12.1 Å². The first-order chi connectivity index (χ1) is 8.85. The Hall–Kier alpha value is -0.940. The number of hydrogen-bond donors (Lipinski definition) is 0. The van der Waals surface area contributed by atoms with Crippen molar-refractivity contribution in [3.8, 4) is 0 Å². The molecule has 0 aromatic heterocycles. The van der Waals surface area contributed by atoms with Gasteiger partial charge in [-0.1, -0.05) is 12.1 Å². The van der Waals surface area contributed by atoms with Crippen LogP contribution in [0.1, 0.15) is 17.9 Å². The van der Waals surface area contributed by atoms with Gasteiger partial charge < -0.3 is 4.90 Å². The average molecular weight is 285 g/mol. The van der Waals surface area contributed by atoms with Gasteiger partial charge >= 0.3 is 0 Å². The largest absolute Gasteiger partial charge is 0.306 e. The molecule has 0 saturated carbocycles. The molecule has 0 unspecified atom stereocenters. The maximum Gasteiger partial charge on any atom is 0.147 e. The Morgan fingerprint density at radius 3 is 2.53 bits per heavy atom. The monoisotopic (exact) mass is 285 g/mol. The number of rotatable bonds is 3. The quantitative estimate of drug-likeness (QED) is 0.851. The van der Waals surface area contributed by atoms with Gasteiger partial charge in [0.25, 0.3) is 0 Å². The number of nitrogens with zero attached hydrogens (tertiary/aromatic N) is 1. The Morgan fingerprint density at radius 2 is 1.95 bits per heavy atom. The number of halogens is 1. The van der Waals surface area contributed by atoms with Crippen LogP contribution in [-0.2, 0) is 9.84 Å². The minimum Gasteiger partial charge on any atom is -0.306 e. The second kappa shape index (κ2) is 5.59. The molecule has 1 aromatic carbocycles. The Kier molecular flexibility index (Phi) is 4.26. The lowest BCUT2D eigenvalue weighted by Crippen LogP contribution is -2.40. The van der Waals surface area contributed by atoms with E-state index >= 15 is 0 Å². The summed E-state index contributed by atoms with van der Waals surface area (Å²) < 4.78 is 36.1. The van der Waals surface area contributed by atoms with E-state index in [1.165, 1.54) is 18.4 Å². The van der Waals surface area contributed by atoms with Gasteiger partial charge in [0.15, 0.2) is 0 Å². The topological polar surface area (TPSA) is 37.4 Å². The van der Waals surface area contributed by atoms with Gasteiger partial charge in [0.1, 0.15) is 15.7 Å². The summed E-state index contributed by atoms with van der Waals surface area (Å²) in [5.41, 5.74) is 1.04. The molecule has 0 amide bonds. The molecule has 1 aliphatic heterocycles. The van der Waals surface area contributed by atoms with E-state index < -0.39 is 9.84 Å². The molecule has 0 radical (unpaired) electrons. The van der Waals surface area contributed by atoms with Crippen LogP contribution >= 0.6 is 0 Å². The number of piperidine rings is 1. The van der Waals surface area contributed by atoms with E-state index in [0.717, 1.165) is 25.1 Å². The molecule has 106 valence electrons. The summed E-state index contributed by atoms with van der Waals surface area (Å²) in [5.74, 6) is 0.224. The first-order valence-electron chi connectivity index (χ1n) is 6.47. The number of hydrogen-bond acceptors (Lipinski definition) is 3. The smallest absolute Gasteiger partial charge is 0.147 e. The van der Waals surface area contributed by atoms with Crippen LogP contribution in [0.3, 0.4) is 0 Å². The van der Waals surface area contributed by atoms with Gasteiger partial charge in [-0.25, -0.2) is 12.8 Å². The Bertz CT molecular complexity index is 527. The lowest BCUT2D eigenvalue weighted by molar-refractivity contribution is 0.197. The van der Waals surface area contributed by atoms with Crippen molar-refractivity contribution in [2.45, 2.75) is 12.3 Å². The summed E-state index contributed by atoms with van der Waals surface area (Å²) in [4.78, 5) is 2.16. The number of benzene rings is 1. The van der Waals surface area contributed by atoms with Gasteiger partial charge in [0, 0.05) is 12.8 Å². The highest BCUT2D eigenvalue weighted by atomic mass is 32.2. The summed E-state index contributed by atoms with van der Waals surface area (Å²) in [7, 11) is -0.987. The third-order valence-corrected chi connectivity index (χ3v) is 4.79. The highest BCUT2D eigenvalue weighted by molar-refractivity contribution is 7.90. The number of sulfone groups is 1. The fourth-order valence-corrected chi connectivity index (χ4v) is 4.04. The Balaban J connectivity index is 2.22. The zero-order chi connectivity index (χ0) is 14.0. The van der Waals surface area contributed by atoms with Gasteiger partial charge in [0.2, 0.25) is 0 Å². The van der Waals surface area contributed by atoms with Crippen molar-refractivity contribution >= 4 is 9.84 Å². The minimum absolute atomic E-state index is 0.0826. The summed E-state index contributed by atoms with van der Waals surface area (Å²) in [6.07, 6.45) is 2.20. The van der Waals surface area contributed by atoms with Crippen molar-refractivity contribution in [1.29, 1.82) is 0 Å². The standard InChI is InChI=1S/C14H20FNO2S/c1-16-8-7-14(11-3-5-13(15)6-4-11)12(9-16)10-19(2,17)18/h3-6,12,14H,7-10H2,1-2H3/t12-,14-/m0/s1. The molecule has 1 saturated heterocycles. The molecule has 1 aliphatic rings. The van der Waals surface area contributed by atoms with Crippen LogP contribution in [0.2, 0.25) is 0 Å². The molecule has 0 aliphatic carbocycles. The van der Waals surface area contributed by atoms with Gasteiger partial charge in [-0.3, -0.25) is 0 Å². The molecule has 1 aromatic rings. The van der Waals surface area contributed by atoms with Crippen LogP contribution in [0, 0.1) is 11.7 Å². The van der Waals surface area contributed by atoms with E-state index in [4.69, 9.17) is 0 Å². The van der Waals surface area contributed by atoms with E-state index in [0.29, 0.717) is 0 Å². The second-order valence-electron chi connectivity index (χ2n) is 5.56. The van der Waals surface area contributed by atoms with E-state index in [9.17, 15) is 12.8 Å². The molecule has 19 heavy (non-hydrogen) atoms. The summed E-state index contributed by atoms with van der Waals surface area (Å²) in [6, 6.07) is 6.46. The van der Waals surface area contributed by atoms with E-state index in [1.807, 2.05) is 7.05 Å². The van der Waals surface area contributed by atoms with Crippen LogP contribution in [0.15, 0.2) is 24.3 Å². The normalized spacial score (nSPS) is 25.4. The van der Waals surface area contributed by atoms with Crippen LogP contribution < -0.4 is 0 Å². The molecule has 2 atom stereocenters. The average Bonchev–Trinajstić information content (AvgIpc) is 2.29. The molecule has 2 rings (SSSR count). The number of likely N-dealkylation sites (tertiary alicyclic amines) is 1. The lowest BCUT2D eigenvalue weighted by atomic mass is 9.81. The minimum atomic E-state index is -3.00. The third-order valence-electron chi connectivity index (χ3n) is 3.75. The third kappa shape index (κ3) is 4.01. The molecule has 0 bridgehead atoms. The summed E-state index contributed by atoms with van der Waals surface area (Å²) in [6.45, 7) is 1.72. The summed E-state index contributed by atoms with van der Waals surface area (Å²) in [5, 5.41) is 0. The fourth-order valence-electron chi connectivity index (χ4n) is 2.92. The van der Waals surface area contributed by atoms with Crippen molar-refractivity contribution in [3.05, 3.63) is 35.6 Å². The van der Waals surface area contributed by atoms with Crippen molar-refractivity contribution in [2.24, 2.45) is 5.92 Å². The summed E-state index contributed by atoms with van der Waals surface area (Å²) >= 11 is 0. The van der Waals surface area contributed by atoms with Crippen molar-refractivity contribution in [2.75, 3.05) is 32.1 Å². The highest BCUT2D eigenvalue weighted by Gasteiger charge is 2.31. The molecule has 1 fully saturated rings.